The minimum atomic E-state index is -0.105. The van der Waals surface area contributed by atoms with Crippen molar-refractivity contribution in [1.82, 2.24) is 5.43 Å². The number of nitrogens with one attached hydrogen (secondary N) is 1. The van der Waals surface area contributed by atoms with Crippen molar-refractivity contribution in [3.63, 3.8) is 0 Å². The number of halogens is 2. The van der Waals surface area contributed by atoms with E-state index < -0.39 is 0 Å². The van der Waals surface area contributed by atoms with Crippen LogP contribution in [0.1, 0.15) is 18.5 Å². The smallest absolute Gasteiger partial charge is 0.0993 e. The van der Waals surface area contributed by atoms with Crippen molar-refractivity contribution < 1.29 is 4.74 Å². The minimum Gasteiger partial charge on any atom is -0.380 e. The molecular formula is C8H12Cl2N2OS. The second kappa shape index (κ2) is 5.90. The molecule has 0 aromatic carbocycles. The Morgan fingerprint density at radius 1 is 1.64 bits per heavy atom. The van der Waals surface area contributed by atoms with Crippen molar-refractivity contribution in [3.05, 3.63) is 20.3 Å². The maximum Gasteiger partial charge on any atom is 0.0993 e. The van der Waals surface area contributed by atoms with E-state index in [1.54, 1.807) is 6.07 Å². The van der Waals surface area contributed by atoms with Gasteiger partial charge in [-0.25, -0.2) is 0 Å². The molecule has 3 N–H and O–H groups in total. The molecule has 1 aromatic heterocycles. The molecule has 0 aliphatic rings. The summed E-state index contributed by atoms with van der Waals surface area (Å²) < 4.78 is 6.57. The standard InChI is InChI=1S/C8H12Cl2N2OS/c1-2-13-4-6(12-11)5-3-7(9)14-8(5)10/h3,6,12H,2,4,11H2,1H3. The lowest BCUT2D eigenvalue weighted by Gasteiger charge is -2.14. The molecule has 0 radical (unpaired) electrons. The van der Waals surface area contributed by atoms with Crippen LogP contribution in [0.3, 0.4) is 0 Å². The van der Waals surface area contributed by atoms with E-state index in [2.05, 4.69) is 5.43 Å². The lowest BCUT2D eigenvalue weighted by Crippen LogP contribution is -2.31. The average molecular weight is 255 g/mol. The monoisotopic (exact) mass is 254 g/mol. The molecule has 1 atom stereocenters. The Labute approximate surface area is 97.1 Å². The predicted molar refractivity (Wildman–Crippen MR) is 60.9 cm³/mol. The van der Waals surface area contributed by atoms with Gasteiger partial charge in [0.05, 0.1) is 21.3 Å². The number of hydrazine groups is 1. The first-order valence-electron chi connectivity index (χ1n) is 4.17. The summed E-state index contributed by atoms with van der Waals surface area (Å²) in [6, 6.07) is 1.70. The van der Waals surface area contributed by atoms with Gasteiger partial charge in [-0.1, -0.05) is 23.2 Å². The van der Waals surface area contributed by atoms with Crippen molar-refractivity contribution in [2.75, 3.05) is 13.2 Å². The van der Waals surface area contributed by atoms with Crippen LogP contribution in [0.5, 0.6) is 0 Å². The Balaban J connectivity index is 2.72. The lowest BCUT2D eigenvalue weighted by molar-refractivity contribution is 0.123. The number of ether oxygens (including phenoxy) is 1. The van der Waals surface area contributed by atoms with Gasteiger partial charge in [-0.3, -0.25) is 11.3 Å². The maximum atomic E-state index is 5.98. The van der Waals surface area contributed by atoms with Crippen LogP contribution in [0.4, 0.5) is 0 Å². The molecule has 0 spiro atoms. The third kappa shape index (κ3) is 3.08. The van der Waals surface area contributed by atoms with Crippen molar-refractivity contribution in [1.29, 1.82) is 0 Å². The van der Waals surface area contributed by atoms with Gasteiger partial charge in [-0.05, 0) is 13.0 Å². The number of hydrogen-bond acceptors (Lipinski definition) is 4. The third-order valence-corrected chi connectivity index (χ3v) is 3.27. The summed E-state index contributed by atoms with van der Waals surface area (Å²) in [6.45, 7) is 3.06. The first-order valence-corrected chi connectivity index (χ1v) is 5.74. The fraction of sp³-hybridized carbons (Fsp3) is 0.500. The van der Waals surface area contributed by atoms with Crippen LogP contribution < -0.4 is 11.3 Å². The van der Waals surface area contributed by atoms with Gasteiger partial charge in [0.1, 0.15) is 0 Å². The molecule has 1 heterocycles. The molecule has 0 aliphatic carbocycles. The Morgan fingerprint density at radius 2 is 2.36 bits per heavy atom. The normalized spacial score (nSPS) is 13.1. The average Bonchev–Trinajstić information content (AvgIpc) is 2.47. The summed E-state index contributed by atoms with van der Waals surface area (Å²) in [5.41, 5.74) is 3.53. The molecule has 0 amide bonds. The van der Waals surface area contributed by atoms with Crippen LogP contribution in [0.2, 0.25) is 8.67 Å². The van der Waals surface area contributed by atoms with Crippen LogP contribution in [0.15, 0.2) is 6.07 Å². The highest BCUT2D eigenvalue weighted by molar-refractivity contribution is 7.20. The molecule has 0 saturated carbocycles. The molecule has 14 heavy (non-hydrogen) atoms. The van der Waals surface area contributed by atoms with Crippen LogP contribution >= 0.6 is 34.5 Å². The van der Waals surface area contributed by atoms with Gasteiger partial charge in [-0.15, -0.1) is 11.3 Å². The van der Waals surface area contributed by atoms with Crippen molar-refractivity contribution in [3.8, 4) is 0 Å². The molecule has 0 aliphatic heterocycles. The fourth-order valence-corrected chi connectivity index (χ4v) is 2.63. The highest BCUT2D eigenvalue weighted by Crippen LogP contribution is 2.34. The second-order valence-electron chi connectivity index (χ2n) is 2.66. The van der Waals surface area contributed by atoms with Gasteiger partial charge in [-0.2, -0.15) is 0 Å². The Hall–Kier alpha value is 0.160. The van der Waals surface area contributed by atoms with E-state index in [1.807, 2.05) is 6.92 Å². The van der Waals surface area contributed by atoms with E-state index in [4.69, 9.17) is 33.8 Å². The third-order valence-electron chi connectivity index (χ3n) is 1.75. The molecule has 0 saturated heterocycles. The van der Waals surface area contributed by atoms with Crippen LogP contribution in [0, 0.1) is 0 Å². The molecular weight excluding hydrogens is 243 g/mol. The second-order valence-corrected chi connectivity index (χ2v) is 4.94. The molecule has 80 valence electrons. The van der Waals surface area contributed by atoms with E-state index in [0.717, 1.165) is 5.56 Å². The van der Waals surface area contributed by atoms with Gasteiger partial charge in [0.2, 0.25) is 0 Å². The quantitative estimate of drug-likeness (QED) is 0.628. The highest BCUT2D eigenvalue weighted by Gasteiger charge is 2.16. The topological polar surface area (TPSA) is 47.3 Å². The Bertz CT molecular complexity index is 293. The summed E-state index contributed by atoms with van der Waals surface area (Å²) in [5, 5.41) is 0. The summed E-state index contributed by atoms with van der Waals surface area (Å²) in [7, 11) is 0. The molecule has 3 nitrogen and oxygen atoms in total. The largest absolute Gasteiger partial charge is 0.380 e. The Morgan fingerprint density at radius 3 is 2.79 bits per heavy atom. The molecule has 0 fully saturated rings. The van der Waals surface area contributed by atoms with Gasteiger partial charge in [0.15, 0.2) is 0 Å². The zero-order valence-electron chi connectivity index (χ0n) is 7.72. The van der Waals surface area contributed by atoms with E-state index in [1.165, 1.54) is 11.3 Å². The van der Waals surface area contributed by atoms with Gasteiger partial charge in [0, 0.05) is 12.2 Å². The first-order chi connectivity index (χ1) is 6.69. The summed E-state index contributed by atoms with van der Waals surface area (Å²) in [5.74, 6) is 5.40. The maximum absolute atomic E-state index is 5.98. The zero-order valence-corrected chi connectivity index (χ0v) is 10.0. The van der Waals surface area contributed by atoms with Crippen LogP contribution in [-0.4, -0.2) is 13.2 Å². The fourth-order valence-electron chi connectivity index (χ4n) is 1.05. The van der Waals surface area contributed by atoms with Crippen LogP contribution in [0.25, 0.3) is 0 Å². The summed E-state index contributed by atoms with van der Waals surface area (Å²) in [4.78, 5) is 0. The molecule has 1 aromatic rings. The van der Waals surface area contributed by atoms with Gasteiger partial charge >= 0.3 is 0 Å². The van der Waals surface area contributed by atoms with E-state index in [-0.39, 0.29) is 6.04 Å². The van der Waals surface area contributed by atoms with E-state index >= 15 is 0 Å². The number of nitrogens with two attached hydrogens (primary N) is 1. The number of thiophene rings is 1. The number of hydrogen-bond donors (Lipinski definition) is 2. The molecule has 0 bridgehead atoms. The highest BCUT2D eigenvalue weighted by atomic mass is 35.5. The molecule has 1 rings (SSSR count). The molecule has 6 heteroatoms. The SMILES string of the molecule is CCOCC(NN)c1cc(Cl)sc1Cl. The van der Waals surface area contributed by atoms with Crippen molar-refractivity contribution in [2.24, 2.45) is 5.84 Å². The number of rotatable bonds is 5. The Kier molecular flexibility index (Phi) is 5.15. The summed E-state index contributed by atoms with van der Waals surface area (Å²) >= 11 is 13.1. The van der Waals surface area contributed by atoms with Crippen molar-refractivity contribution in [2.45, 2.75) is 13.0 Å². The van der Waals surface area contributed by atoms with Gasteiger partial charge < -0.3 is 4.74 Å². The predicted octanol–water partition coefficient (Wildman–Crippen LogP) is 2.60. The minimum absolute atomic E-state index is 0.105. The summed E-state index contributed by atoms with van der Waals surface area (Å²) in [6.07, 6.45) is 0. The van der Waals surface area contributed by atoms with Crippen molar-refractivity contribution >= 4 is 34.5 Å². The van der Waals surface area contributed by atoms with Crippen LogP contribution in [-0.2, 0) is 4.74 Å². The lowest BCUT2D eigenvalue weighted by atomic mass is 10.2. The zero-order chi connectivity index (χ0) is 10.6. The first kappa shape index (κ1) is 12.2. The van der Waals surface area contributed by atoms with Gasteiger partial charge in [0.25, 0.3) is 0 Å². The molecule has 1 unspecified atom stereocenters. The van der Waals surface area contributed by atoms with E-state index in [0.29, 0.717) is 21.9 Å². The van der Waals surface area contributed by atoms with E-state index in [9.17, 15) is 0 Å².